The highest BCUT2D eigenvalue weighted by Gasteiger charge is 2.32. The van der Waals surface area contributed by atoms with Gasteiger partial charge in [-0.2, -0.15) is 0 Å². The number of halogens is 2. The number of anilines is 1. The number of ether oxygens (including phenoxy) is 1. The molecule has 0 atom stereocenters. The smallest absolute Gasteiger partial charge is 0.271 e. The number of H-pyrrole nitrogens is 1. The van der Waals surface area contributed by atoms with Crippen molar-refractivity contribution in [1.29, 1.82) is 0 Å². The minimum absolute atomic E-state index is 0.0228. The molecule has 9 heteroatoms. The van der Waals surface area contributed by atoms with Crippen molar-refractivity contribution in [2.75, 3.05) is 12.8 Å². The predicted molar refractivity (Wildman–Crippen MR) is 109 cm³/mol. The second kappa shape index (κ2) is 6.15. The van der Waals surface area contributed by atoms with Crippen molar-refractivity contribution in [3.05, 3.63) is 56.5 Å². The minimum Gasteiger partial charge on any atom is -0.494 e. The zero-order chi connectivity index (χ0) is 20.4. The van der Waals surface area contributed by atoms with Gasteiger partial charge in [0.05, 0.1) is 29.3 Å². The number of methoxy groups -OCH3 is 1. The average Bonchev–Trinajstić information content (AvgIpc) is 3.46. The van der Waals surface area contributed by atoms with E-state index in [1.807, 2.05) is 4.57 Å². The Hall–Kier alpha value is -3.20. The molecule has 0 radical (unpaired) electrons. The Morgan fingerprint density at radius 3 is 2.62 bits per heavy atom. The van der Waals surface area contributed by atoms with E-state index in [1.165, 1.54) is 19.2 Å². The van der Waals surface area contributed by atoms with Crippen LogP contribution in [0.25, 0.3) is 32.2 Å². The van der Waals surface area contributed by atoms with E-state index in [-0.39, 0.29) is 33.8 Å². The van der Waals surface area contributed by atoms with Crippen LogP contribution in [-0.2, 0) is 0 Å². The van der Waals surface area contributed by atoms with Gasteiger partial charge in [0.15, 0.2) is 5.75 Å². The number of nitrogen functional groups attached to an aromatic ring is 1. The number of rotatable bonds is 3. The molecule has 2 heterocycles. The molecule has 1 aliphatic carbocycles. The Balaban J connectivity index is 2.00. The normalized spacial score (nSPS) is 14.0. The first-order valence-corrected chi connectivity index (χ1v) is 9.75. The van der Waals surface area contributed by atoms with Crippen molar-refractivity contribution >= 4 is 38.3 Å². The minimum atomic E-state index is -0.717. The van der Waals surface area contributed by atoms with Gasteiger partial charge in [0.1, 0.15) is 21.9 Å². The lowest BCUT2D eigenvalue weighted by Gasteiger charge is -2.18. The van der Waals surface area contributed by atoms with Crippen LogP contribution >= 0.6 is 11.5 Å². The lowest BCUT2D eigenvalue weighted by molar-refractivity contribution is 0.416. The molecular formula is C20H15F2N3O3S. The first kappa shape index (κ1) is 17.9. The molecular weight excluding hydrogens is 400 g/mol. The third-order valence-electron chi connectivity index (χ3n) is 5.22. The molecule has 0 aliphatic heterocycles. The molecule has 6 nitrogen and oxygen atoms in total. The summed E-state index contributed by atoms with van der Waals surface area (Å²) in [6, 6.07) is 5.09. The summed E-state index contributed by atoms with van der Waals surface area (Å²) in [7, 11) is 1.38. The molecule has 4 aromatic rings. The molecule has 5 rings (SSSR count). The number of hydrogen-bond donors (Lipinski definition) is 2. The maximum atomic E-state index is 15.2. The number of hydrogen-bond acceptors (Lipinski definition) is 5. The monoisotopic (exact) mass is 415 g/mol. The molecule has 0 spiro atoms. The SMILES string of the molecule is COc1c(-c2ccc(F)c(N)c2)c(F)cc2c(=O)c3c(=O)[nH]sc3n(C3CC3)c12. The Kier molecular flexibility index (Phi) is 3.79. The van der Waals surface area contributed by atoms with Crippen LogP contribution in [0.3, 0.4) is 0 Å². The van der Waals surface area contributed by atoms with Crippen LogP contribution in [-0.4, -0.2) is 16.1 Å². The summed E-state index contributed by atoms with van der Waals surface area (Å²) in [6.07, 6.45) is 1.75. The van der Waals surface area contributed by atoms with E-state index in [1.54, 1.807) is 0 Å². The van der Waals surface area contributed by atoms with Crippen molar-refractivity contribution in [3.8, 4) is 16.9 Å². The van der Waals surface area contributed by atoms with Crippen LogP contribution < -0.4 is 21.5 Å². The summed E-state index contributed by atoms with van der Waals surface area (Å²) in [5.41, 5.74) is 5.35. The maximum Gasteiger partial charge on any atom is 0.271 e. The molecule has 3 N–H and O–H groups in total. The number of aromatic amines is 1. The van der Waals surface area contributed by atoms with E-state index in [9.17, 15) is 14.0 Å². The van der Waals surface area contributed by atoms with E-state index in [4.69, 9.17) is 10.5 Å². The van der Waals surface area contributed by atoms with Gasteiger partial charge in [0, 0.05) is 6.04 Å². The number of nitrogens with one attached hydrogen (secondary N) is 1. The predicted octanol–water partition coefficient (Wildman–Crippen LogP) is 3.78. The zero-order valence-electron chi connectivity index (χ0n) is 15.2. The molecule has 2 aromatic carbocycles. The van der Waals surface area contributed by atoms with Gasteiger partial charge in [0.2, 0.25) is 5.43 Å². The van der Waals surface area contributed by atoms with E-state index in [2.05, 4.69) is 4.37 Å². The first-order chi connectivity index (χ1) is 13.9. The Morgan fingerprint density at radius 2 is 1.97 bits per heavy atom. The second-order valence-corrected chi connectivity index (χ2v) is 7.84. The number of nitrogens with zero attached hydrogens (tertiary/aromatic N) is 1. The molecule has 0 unspecified atom stereocenters. The summed E-state index contributed by atoms with van der Waals surface area (Å²) in [4.78, 5) is 25.7. The van der Waals surface area contributed by atoms with Crippen LogP contribution in [0.4, 0.5) is 14.5 Å². The molecule has 0 amide bonds. The molecule has 29 heavy (non-hydrogen) atoms. The quantitative estimate of drug-likeness (QED) is 0.499. The van der Waals surface area contributed by atoms with Gasteiger partial charge in [-0.3, -0.25) is 14.0 Å². The fourth-order valence-electron chi connectivity index (χ4n) is 3.78. The first-order valence-electron chi connectivity index (χ1n) is 8.93. The summed E-state index contributed by atoms with van der Waals surface area (Å²) in [5, 5.41) is 0.0936. The Bertz CT molecular complexity index is 1430. The third kappa shape index (κ3) is 2.50. The molecule has 0 bridgehead atoms. The van der Waals surface area contributed by atoms with Crippen molar-refractivity contribution in [1.82, 2.24) is 8.94 Å². The van der Waals surface area contributed by atoms with Crippen LogP contribution in [0.1, 0.15) is 18.9 Å². The molecule has 148 valence electrons. The highest BCUT2D eigenvalue weighted by atomic mass is 32.1. The highest BCUT2D eigenvalue weighted by Crippen LogP contribution is 2.45. The Labute approximate surface area is 166 Å². The summed E-state index contributed by atoms with van der Waals surface area (Å²) in [5.74, 6) is -1.17. The second-order valence-electron chi connectivity index (χ2n) is 7.04. The summed E-state index contributed by atoms with van der Waals surface area (Å²) < 4.78 is 38.9. The summed E-state index contributed by atoms with van der Waals surface area (Å²) >= 11 is 1.07. The molecule has 1 aliphatic rings. The van der Waals surface area contributed by atoms with Crippen LogP contribution in [0.5, 0.6) is 5.75 Å². The molecule has 0 saturated heterocycles. The van der Waals surface area contributed by atoms with Gasteiger partial charge in [0.25, 0.3) is 5.56 Å². The fraction of sp³-hybridized carbons (Fsp3) is 0.200. The number of benzene rings is 2. The van der Waals surface area contributed by atoms with E-state index >= 15 is 4.39 Å². The van der Waals surface area contributed by atoms with E-state index in [0.29, 0.717) is 15.9 Å². The van der Waals surface area contributed by atoms with Gasteiger partial charge in [-0.1, -0.05) is 6.07 Å². The number of aromatic nitrogens is 2. The number of nitrogens with two attached hydrogens (primary N) is 1. The standard InChI is InChI=1S/C20H15F2N3O3S/c1-28-18-14(8-2-5-11(21)13(23)6-8)12(22)7-10-16(18)25(9-3-4-9)20-15(17(10)26)19(27)24-29-20/h2,5-7,9H,3-4,23H2,1H3,(H,24,27). The van der Waals surface area contributed by atoms with Crippen LogP contribution in [0.15, 0.2) is 33.9 Å². The van der Waals surface area contributed by atoms with Crippen LogP contribution in [0.2, 0.25) is 0 Å². The molecule has 2 aromatic heterocycles. The van der Waals surface area contributed by atoms with E-state index < -0.39 is 22.6 Å². The molecule has 1 fully saturated rings. The van der Waals surface area contributed by atoms with Crippen molar-refractivity contribution in [2.45, 2.75) is 18.9 Å². The number of pyridine rings is 1. The van der Waals surface area contributed by atoms with E-state index in [0.717, 1.165) is 36.5 Å². The third-order valence-corrected chi connectivity index (χ3v) is 6.10. The average molecular weight is 415 g/mol. The zero-order valence-corrected chi connectivity index (χ0v) is 16.0. The van der Waals surface area contributed by atoms with Crippen molar-refractivity contribution in [3.63, 3.8) is 0 Å². The summed E-state index contributed by atoms with van der Waals surface area (Å²) in [6.45, 7) is 0. The lowest BCUT2D eigenvalue weighted by atomic mass is 9.99. The van der Waals surface area contributed by atoms with Crippen molar-refractivity contribution in [2.24, 2.45) is 0 Å². The Morgan fingerprint density at radius 1 is 1.21 bits per heavy atom. The van der Waals surface area contributed by atoms with Crippen LogP contribution in [0, 0.1) is 11.6 Å². The topological polar surface area (TPSA) is 90.1 Å². The largest absolute Gasteiger partial charge is 0.494 e. The fourth-order valence-corrected chi connectivity index (χ4v) is 4.69. The molecule has 1 saturated carbocycles. The van der Waals surface area contributed by atoms with Gasteiger partial charge in [-0.05, 0) is 48.1 Å². The van der Waals surface area contributed by atoms with Gasteiger partial charge < -0.3 is 15.0 Å². The van der Waals surface area contributed by atoms with Gasteiger partial charge >= 0.3 is 0 Å². The lowest BCUT2D eigenvalue weighted by Crippen LogP contribution is -2.16. The maximum absolute atomic E-state index is 15.2. The van der Waals surface area contributed by atoms with Gasteiger partial charge in [-0.15, -0.1) is 0 Å². The number of fused-ring (bicyclic) bond motifs is 2. The van der Waals surface area contributed by atoms with Crippen molar-refractivity contribution < 1.29 is 13.5 Å². The van der Waals surface area contributed by atoms with Gasteiger partial charge in [-0.25, -0.2) is 8.78 Å². The highest BCUT2D eigenvalue weighted by molar-refractivity contribution is 7.12.